The van der Waals surface area contributed by atoms with Crippen LogP contribution in [0.1, 0.15) is 12.8 Å². The van der Waals surface area contributed by atoms with E-state index in [1.807, 2.05) is 35.1 Å². The number of nitrogens with one attached hydrogen (secondary N) is 2. The smallest absolute Gasteiger partial charge is 0.219 e. The second kappa shape index (κ2) is 6.47. The predicted molar refractivity (Wildman–Crippen MR) is 100 cm³/mol. The van der Waals surface area contributed by atoms with Crippen LogP contribution in [0.4, 0.5) is 5.82 Å². The van der Waals surface area contributed by atoms with E-state index in [0.717, 1.165) is 27.5 Å². The zero-order valence-electron chi connectivity index (χ0n) is 14.4. The Hall–Kier alpha value is -3.42. The summed E-state index contributed by atoms with van der Waals surface area (Å²) in [6.07, 6.45) is 4.86. The number of hydrogen-bond donors (Lipinski definition) is 3. The first-order chi connectivity index (χ1) is 12.7. The molecule has 0 aliphatic carbocycles. The van der Waals surface area contributed by atoms with Gasteiger partial charge >= 0.3 is 0 Å². The highest BCUT2D eigenvalue weighted by Gasteiger charge is 2.12. The molecule has 4 rings (SSSR count). The number of aromatic amines is 1. The number of rotatable bonds is 5. The highest BCUT2D eigenvalue weighted by atomic mass is 16.1. The standard InChI is InChI=1S/C18H19N7O/c1-20-16(26)3-2-8-25-10-13-12-5-4-11(14-6-7-21-23-14)9-15(12)22-18(19)17(13)24-25/h4-7,9-10H,2-3,8H2,1H3,(H2,19,22)(H,20,26)(H,21,23). The molecule has 0 atom stereocenters. The third kappa shape index (κ3) is 2.85. The van der Waals surface area contributed by atoms with Crippen LogP contribution < -0.4 is 11.1 Å². The maximum Gasteiger partial charge on any atom is 0.219 e. The van der Waals surface area contributed by atoms with Crippen molar-refractivity contribution in [1.29, 1.82) is 0 Å². The predicted octanol–water partition coefficient (Wildman–Crippen LogP) is 2.08. The molecule has 0 radical (unpaired) electrons. The van der Waals surface area contributed by atoms with Crippen LogP contribution in [0.15, 0.2) is 36.7 Å². The number of hydrogen-bond acceptors (Lipinski definition) is 5. The molecule has 4 aromatic rings. The number of benzene rings is 1. The van der Waals surface area contributed by atoms with Crippen molar-refractivity contribution in [2.24, 2.45) is 0 Å². The number of pyridine rings is 1. The van der Waals surface area contributed by atoms with Crippen LogP contribution in [0.25, 0.3) is 33.1 Å². The van der Waals surface area contributed by atoms with E-state index in [2.05, 4.69) is 25.6 Å². The van der Waals surface area contributed by atoms with E-state index in [0.29, 0.717) is 30.7 Å². The van der Waals surface area contributed by atoms with E-state index >= 15 is 0 Å². The molecule has 0 saturated carbocycles. The van der Waals surface area contributed by atoms with E-state index in [9.17, 15) is 4.79 Å². The summed E-state index contributed by atoms with van der Waals surface area (Å²) >= 11 is 0. The number of anilines is 1. The Bertz CT molecular complexity index is 1080. The van der Waals surface area contributed by atoms with Gasteiger partial charge in [0, 0.05) is 48.7 Å². The van der Waals surface area contributed by atoms with Crippen molar-refractivity contribution in [1.82, 2.24) is 30.3 Å². The van der Waals surface area contributed by atoms with Crippen LogP contribution in [-0.4, -0.2) is 37.9 Å². The van der Waals surface area contributed by atoms with Gasteiger partial charge in [-0.25, -0.2) is 4.98 Å². The summed E-state index contributed by atoms with van der Waals surface area (Å²) in [5.74, 6) is 0.430. The van der Waals surface area contributed by atoms with Crippen LogP contribution in [0.2, 0.25) is 0 Å². The molecule has 1 aromatic carbocycles. The second-order valence-electron chi connectivity index (χ2n) is 6.13. The van der Waals surface area contributed by atoms with Crippen LogP contribution in [0, 0.1) is 0 Å². The van der Waals surface area contributed by atoms with Gasteiger partial charge in [0.05, 0.1) is 11.2 Å². The van der Waals surface area contributed by atoms with E-state index < -0.39 is 0 Å². The Kier molecular flexibility index (Phi) is 4.00. The van der Waals surface area contributed by atoms with Gasteiger partial charge < -0.3 is 11.1 Å². The van der Waals surface area contributed by atoms with Crippen molar-refractivity contribution in [3.8, 4) is 11.3 Å². The zero-order valence-corrected chi connectivity index (χ0v) is 14.4. The second-order valence-corrected chi connectivity index (χ2v) is 6.13. The Labute approximate surface area is 149 Å². The molecule has 1 amide bonds. The number of carbonyl (C=O) groups excluding carboxylic acids is 1. The normalized spacial score (nSPS) is 11.3. The van der Waals surface area contributed by atoms with Crippen LogP contribution in [0.5, 0.6) is 0 Å². The average molecular weight is 349 g/mol. The lowest BCUT2D eigenvalue weighted by molar-refractivity contribution is -0.120. The number of aryl methyl sites for hydroxylation is 1. The molecule has 3 aromatic heterocycles. The first-order valence-electron chi connectivity index (χ1n) is 8.42. The third-order valence-corrected chi connectivity index (χ3v) is 4.41. The van der Waals surface area contributed by atoms with Crippen molar-refractivity contribution in [2.45, 2.75) is 19.4 Å². The monoisotopic (exact) mass is 349 g/mol. The van der Waals surface area contributed by atoms with E-state index in [1.54, 1.807) is 13.2 Å². The van der Waals surface area contributed by atoms with E-state index in [4.69, 9.17) is 5.73 Å². The van der Waals surface area contributed by atoms with Gasteiger partial charge in [-0.3, -0.25) is 14.6 Å². The quantitative estimate of drug-likeness (QED) is 0.510. The lowest BCUT2D eigenvalue weighted by Gasteiger charge is -2.03. The number of nitrogen functional groups attached to an aromatic ring is 1. The topological polar surface area (TPSA) is 115 Å². The summed E-state index contributed by atoms with van der Waals surface area (Å²) in [6, 6.07) is 7.95. The number of aromatic nitrogens is 5. The minimum atomic E-state index is 0.0275. The number of amides is 1. The Morgan fingerprint density at radius 3 is 2.96 bits per heavy atom. The summed E-state index contributed by atoms with van der Waals surface area (Å²) in [4.78, 5) is 15.9. The van der Waals surface area contributed by atoms with Crippen LogP contribution in [0.3, 0.4) is 0 Å². The largest absolute Gasteiger partial charge is 0.382 e. The Balaban J connectivity index is 1.71. The highest BCUT2D eigenvalue weighted by molar-refractivity contribution is 6.08. The molecule has 8 nitrogen and oxygen atoms in total. The van der Waals surface area contributed by atoms with Gasteiger partial charge in [0.2, 0.25) is 5.91 Å². The van der Waals surface area contributed by atoms with Gasteiger partial charge in [0.25, 0.3) is 0 Å². The summed E-state index contributed by atoms with van der Waals surface area (Å²) in [7, 11) is 1.64. The SMILES string of the molecule is CNC(=O)CCCn1cc2c(n1)c(N)nc1cc(-c3ccn[nH]3)ccc12. The van der Waals surface area contributed by atoms with Gasteiger partial charge in [-0.1, -0.05) is 12.1 Å². The highest BCUT2D eigenvalue weighted by Crippen LogP contribution is 2.29. The molecule has 8 heteroatoms. The van der Waals surface area contributed by atoms with Crippen molar-refractivity contribution in [3.05, 3.63) is 36.7 Å². The van der Waals surface area contributed by atoms with E-state index in [1.165, 1.54) is 0 Å². The molecular weight excluding hydrogens is 330 g/mol. The first-order valence-corrected chi connectivity index (χ1v) is 8.42. The lowest BCUT2D eigenvalue weighted by Crippen LogP contribution is -2.17. The summed E-state index contributed by atoms with van der Waals surface area (Å²) < 4.78 is 1.83. The molecule has 0 aliphatic rings. The molecule has 132 valence electrons. The number of carbonyl (C=O) groups is 1. The molecule has 0 bridgehead atoms. The molecular formula is C18H19N7O. The van der Waals surface area contributed by atoms with Gasteiger partial charge in [0.15, 0.2) is 5.82 Å². The number of fused-ring (bicyclic) bond motifs is 3. The van der Waals surface area contributed by atoms with E-state index in [-0.39, 0.29) is 5.91 Å². The third-order valence-electron chi connectivity index (χ3n) is 4.41. The van der Waals surface area contributed by atoms with Crippen LogP contribution >= 0.6 is 0 Å². The van der Waals surface area contributed by atoms with Crippen molar-refractivity contribution >= 4 is 33.5 Å². The fourth-order valence-electron chi connectivity index (χ4n) is 3.07. The lowest BCUT2D eigenvalue weighted by atomic mass is 10.1. The molecule has 26 heavy (non-hydrogen) atoms. The van der Waals surface area contributed by atoms with Gasteiger partial charge in [-0.2, -0.15) is 10.2 Å². The van der Waals surface area contributed by atoms with Crippen molar-refractivity contribution < 1.29 is 4.79 Å². The van der Waals surface area contributed by atoms with Gasteiger partial charge in [-0.15, -0.1) is 0 Å². The fraction of sp³-hybridized carbons (Fsp3) is 0.222. The summed E-state index contributed by atoms with van der Waals surface area (Å²) in [5, 5.41) is 16.1. The molecule has 0 spiro atoms. The van der Waals surface area contributed by atoms with Gasteiger partial charge in [-0.05, 0) is 18.6 Å². The summed E-state index contributed by atoms with van der Waals surface area (Å²) in [6.45, 7) is 0.648. The fourth-order valence-corrected chi connectivity index (χ4v) is 3.07. The number of H-pyrrole nitrogens is 1. The molecule has 3 heterocycles. The van der Waals surface area contributed by atoms with Crippen molar-refractivity contribution in [3.63, 3.8) is 0 Å². The molecule has 0 fully saturated rings. The maximum absolute atomic E-state index is 11.4. The molecule has 0 saturated heterocycles. The van der Waals surface area contributed by atoms with Gasteiger partial charge in [0.1, 0.15) is 5.52 Å². The number of nitrogens with two attached hydrogens (primary N) is 1. The molecule has 4 N–H and O–H groups in total. The minimum absolute atomic E-state index is 0.0275. The van der Waals surface area contributed by atoms with Crippen LogP contribution in [-0.2, 0) is 11.3 Å². The van der Waals surface area contributed by atoms with Crippen molar-refractivity contribution in [2.75, 3.05) is 12.8 Å². The Morgan fingerprint density at radius 2 is 2.19 bits per heavy atom. The molecule has 0 unspecified atom stereocenters. The minimum Gasteiger partial charge on any atom is -0.382 e. The maximum atomic E-state index is 11.4. The average Bonchev–Trinajstić information content (AvgIpc) is 3.31. The Morgan fingerprint density at radius 1 is 1.31 bits per heavy atom. The zero-order chi connectivity index (χ0) is 18.1. The molecule has 0 aliphatic heterocycles. The first kappa shape index (κ1) is 16.1. The summed E-state index contributed by atoms with van der Waals surface area (Å²) in [5.41, 5.74) is 9.56. The number of nitrogens with zero attached hydrogens (tertiary/aromatic N) is 4.